The van der Waals surface area contributed by atoms with Gasteiger partial charge in [-0.15, -0.1) is 0 Å². The van der Waals surface area contributed by atoms with Gasteiger partial charge in [0.05, 0.1) is 12.4 Å². The average Bonchev–Trinajstić information content (AvgIpc) is 3.20. The van der Waals surface area contributed by atoms with E-state index in [9.17, 15) is 14.4 Å². The van der Waals surface area contributed by atoms with Crippen LogP contribution in [0.5, 0.6) is 0 Å². The van der Waals surface area contributed by atoms with E-state index < -0.39 is 5.54 Å². The second kappa shape index (κ2) is 10.7. The summed E-state index contributed by atoms with van der Waals surface area (Å²) in [6.45, 7) is 5.23. The number of amides is 4. The summed E-state index contributed by atoms with van der Waals surface area (Å²) in [6, 6.07) is 23.6. The summed E-state index contributed by atoms with van der Waals surface area (Å²) < 4.78 is 0. The van der Waals surface area contributed by atoms with E-state index in [0.717, 1.165) is 28.6 Å². The first-order valence-corrected chi connectivity index (χ1v) is 13.4. The minimum absolute atomic E-state index is 0.0273. The number of fused-ring (bicyclic) bond motifs is 1. The van der Waals surface area contributed by atoms with Crippen molar-refractivity contribution in [3.05, 3.63) is 72.8 Å². The number of hydrogen-bond donors (Lipinski definition) is 2. The third-order valence-corrected chi connectivity index (χ3v) is 7.85. The first-order chi connectivity index (χ1) is 18.4. The number of benzene rings is 3. The van der Waals surface area contributed by atoms with Crippen LogP contribution < -0.4 is 15.5 Å². The van der Waals surface area contributed by atoms with E-state index in [4.69, 9.17) is 0 Å². The first kappa shape index (κ1) is 25.6. The quantitative estimate of drug-likeness (QED) is 0.511. The van der Waals surface area contributed by atoms with Gasteiger partial charge in [-0.1, -0.05) is 61.5 Å². The summed E-state index contributed by atoms with van der Waals surface area (Å²) in [6.07, 6.45) is 1.82. The van der Waals surface area contributed by atoms with Crippen LogP contribution in [0.25, 0.3) is 10.8 Å². The van der Waals surface area contributed by atoms with Crippen LogP contribution in [0.2, 0.25) is 0 Å². The van der Waals surface area contributed by atoms with E-state index in [1.165, 1.54) is 0 Å². The van der Waals surface area contributed by atoms with E-state index in [1.54, 1.807) is 9.80 Å². The summed E-state index contributed by atoms with van der Waals surface area (Å²) >= 11 is 0. The van der Waals surface area contributed by atoms with Crippen LogP contribution in [-0.4, -0.2) is 65.5 Å². The van der Waals surface area contributed by atoms with Crippen LogP contribution in [0.15, 0.2) is 72.8 Å². The Balaban J connectivity index is 1.32. The average molecular weight is 514 g/mol. The Bertz CT molecular complexity index is 1310. The molecule has 198 valence electrons. The number of nitrogens with one attached hydrogen (secondary N) is 2. The maximum Gasteiger partial charge on any atom is 0.321 e. The largest absolute Gasteiger partial charge is 0.352 e. The molecule has 2 saturated heterocycles. The summed E-state index contributed by atoms with van der Waals surface area (Å²) in [5, 5.41) is 8.09. The van der Waals surface area contributed by atoms with E-state index in [1.807, 2.05) is 86.6 Å². The molecule has 38 heavy (non-hydrogen) atoms. The second-order valence-electron chi connectivity index (χ2n) is 10.3. The molecule has 4 amide bonds. The Labute approximate surface area is 223 Å². The molecule has 8 heteroatoms. The maximum absolute atomic E-state index is 13.9. The zero-order valence-electron chi connectivity index (χ0n) is 22.0. The highest BCUT2D eigenvalue weighted by Crippen LogP contribution is 2.39. The summed E-state index contributed by atoms with van der Waals surface area (Å²) in [5.74, 6) is -0.195. The lowest BCUT2D eigenvalue weighted by molar-refractivity contribution is -0.137. The molecule has 0 radical (unpaired) electrons. The summed E-state index contributed by atoms with van der Waals surface area (Å²) in [7, 11) is 0. The molecule has 2 fully saturated rings. The number of hydrogen-bond acceptors (Lipinski definition) is 4. The van der Waals surface area contributed by atoms with Crippen molar-refractivity contribution in [2.75, 3.05) is 36.5 Å². The number of para-hydroxylation sites is 1. The first-order valence-electron chi connectivity index (χ1n) is 13.4. The van der Waals surface area contributed by atoms with Crippen molar-refractivity contribution in [2.24, 2.45) is 0 Å². The standard InChI is InChI=1S/C30H35N5O3/c1-3-22(2)31-27(36)20-34-21-35(24-12-5-4-6-13-24)30(28(34)37)16-18-33(19-17-30)29(38)32-26-15-9-11-23-10-7-8-14-25(23)26/h4-15,22H,3,16-21H2,1-2H3,(H,31,36)(H,32,38). The molecule has 2 N–H and O–H groups in total. The summed E-state index contributed by atoms with van der Waals surface area (Å²) in [4.78, 5) is 45.3. The fourth-order valence-corrected chi connectivity index (χ4v) is 5.53. The van der Waals surface area contributed by atoms with Gasteiger partial charge in [0, 0.05) is 30.2 Å². The van der Waals surface area contributed by atoms with Gasteiger partial charge in [0.15, 0.2) is 0 Å². The third kappa shape index (κ3) is 4.90. The van der Waals surface area contributed by atoms with E-state index in [0.29, 0.717) is 32.6 Å². The van der Waals surface area contributed by atoms with Crippen molar-refractivity contribution in [3.8, 4) is 0 Å². The van der Waals surface area contributed by atoms with Crippen molar-refractivity contribution in [3.63, 3.8) is 0 Å². The molecular weight excluding hydrogens is 478 g/mol. The SMILES string of the molecule is CCC(C)NC(=O)CN1CN(c2ccccc2)C2(CCN(C(=O)Nc3cccc4ccccc34)CC2)C1=O. The molecule has 2 aliphatic rings. The summed E-state index contributed by atoms with van der Waals surface area (Å²) in [5.41, 5.74) is 0.933. The lowest BCUT2D eigenvalue weighted by Crippen LogP contribution is -2.58. The van der Waals surface area contributed by atoms with Crippen molar-refractivity contribution >= 4 is 40.0 Å². The van der Waals surface area contributed by atoms with Gasteiger partial charge in [0.25, 0.3) is 5.91 Å². The van der Waals surface area contributed by atoms with Crippen molar-refractivity contribution in [1.82, 2.24) is 15.1 Å². The molecule has 8 nitrogen and oxygen atoms in total. The number of anilines is 2. The molecule has 1 atom stereocenters. The van der Waals surface area contributed by atoms with Crippen LogP contribution >= 0.6 is 0 Å². The number of likely N-dealkylation sites (tertiary alicyclic amines) is 1. The highest BCUT2D eigenvalue weighted by Gasteiger charge is 2.54. The van der Waals surface area contributed by atoms with Crippen LogP contribution in [0.4, 0.5) is 16.2 Å². The molecule has 0 aliphatic carbocycles. The van der Waals surface area contributed by atoms with Crippen LogP contribution in [0.3, 0.4) is 0 Å². The number of piperidine rings is 1. The molecule has 0 aromatic heterocycles. The van der Waals surface area contributed by atoms with Crippen LogP contribution in [0.1, 0.15) is 33.1 Å². The van der Waals surface area contributed by atoms with Gasteiger partial charge in [-0.05, 0) is 49.8 Å². The molecule has 2 aliphatic heterocycles. The molecule has 0 saturated carbocycles. The van der Waals surface area contributed by atoms with Gasteiger partial charge < -0.3 is 25.3 Å². The van der Waals surface area contributed by atoms with Gasteiger partial charge >= 0.3 is 6.03 Å². The molecule has 1 unspecified atom stereocenters. The smallest absolute Gasteiger partial charge is 0.321 e. The fraction of sp³-hybridized carbons (Fsp3) is 0.367. The molecular formula is C30H35N5O3. The number of rotatable bonds is 6. The predicted molar refractivity (Wildman–Crippen MR) is 150 cm³/mol. The Hall–Kier alpha value is -4.07. The maximum atomic E-state index is 13.9. The Morgan fingerprint density at radius 2 is 1.63 bits per heavy atom. The number of nitrogens with zero attached hydrogens (tertiary/aromatic N) is 3. The Morgan fingerprint density at radius 3 is 2.37 bits per heavy atom. The topological polar surface area (TPSA) is 85.0 Å². The van der Waals surface area contributed by atoms with Crippen LogP contribution in [0, 0.1) is 0 Å². The minimum Gasteiger partial charge on any atom is -0.352 e. The molecule has 0 bridgehead atoms. The lowest BCUT2D eigenvalue weighted by atomic mass is 9.85. The predicted octanol–water partition coefficient (Wildman–Crippen LogP) is 4.43. The van der Waals surface area contributed by atoms with Crippen molar-refractivity contribution in [2.45, 2.75) is 44.7 Å². The van der Waals surface area contributed by atoms with Gasteiger partial charge in [0.1, 0.15) is 12.1 Å². The number of urea groups is 1. The number of carbonyl (C=O) groups excluding carboxylic acids is 3. The third-order valence-electron chi connectivity index (χ3n) is 7.85. The molecule has 5 rings (SSSR count). The molecule has 1 spiro atoms. The highest BCUT2D eigenvalue weighted by atomic mass is 16.2. The zero-order valence-corrected chi connectivity index (χ0v) is 22.0. The fourth-order valence-electron chi connectivity index (χ4n) is 5.53. The van der Waals surface area contributed by atoms with E-state index in [-0.39, 0.29) is 30.4 Å². The molecule has 2 heterocycles. The zero-order chi connectivity index (χ0) is 26.7. The van der Waals surface area contributed by atoms with Gasteiger partial charge in [-0.25, -0.2) is 4.79 Å². The Morgan fingerprint density at radius 1 is 0.947 bits per heavy atom. The van der Waals surface area contributed by atoms with Gasteiger partial charge in [0.2, 0.25) is 5.91 Å². The lowest BCUT2D eigenvalue weighted by Gasteiger charge is -2.43. The van der Waals surface area contributed by atoms with E-state index >= 15 is 0 Å². The van der Waals surface area contributed by atoms with Gasteiger partial charge in [-0.3, -0.25) is 9.59 Å². The molecule has 3 aromatic rings. The van der Waals surface area contributed by atoms with Crippen LogP contribution in [-0.2, 0) is 9.59 Å². The normalized spacial score (nSPS) is 17.6. The number of carbonyl (C=O) groups is 3. The minimum atomic E-state index is -0.784. The Kier molecular flexibility index (Phi) is 7.22. The monoisotopic (exact) mass is 513 g/mol. The van der Waals surface area contributed by atoms with Gasteiger partial charge in [-0.2, -0.15) is 0 Å². The second-order valence-corrected chi connectivity index (χ2v) is 10.3. The van der Waals surface area contributed by atoms with E-state index in [2.05, 4.69) is 15.5 Å². The molecule has 3 aromatic carbocycles. The highest BCUT2D eigenvalue weighted by molar-refractivity contribution is 6.02. The van der Waals surface area contributed by atoms with Crippen molar-refractivity contribution in [1.29, 1.82) is 0 Å². The van der Waals surface area contributed by atoms with Crippen molar-refractivity contribution < 1.29 is 14.4 Å².